The average Bonchev–Trinajstić information content (AvgIpc) is 1.64. The Hall–Kier alpha value is -8.90. The lowest BCUT2D eigenvalue weighted by molar-refractivity contribution is -0.142. The van der Waals surface area contributed by atoms with E-state index in [4.69, 9.17) is 11.5 Å². The Morgan fingerprint density at radius 1 is 0.710 bits per heavy atom. The van der Waals surface area contributed by atoms with Crippen LogP contribution >= 0.6 is 23.5 Å². The number of carbonyl (C=O) groups excluding carboxylic acids is 10. The van der Waals surface area contributed by atoms with Gasteiger partial charge in [-0.3, -0.25) is 52.7 Å². The highest BCUT2D eigenvalue weighted by molar-refractivity contribution is 7.98. The number of primary amides is 1. The first kappa shape index (κ1) is 75.3. The molecule has 26 nitrogen and oxygen atoms in total. The zero-order valence-corrected chi connectivity index (χ0v) is 57.1. The largest absolute Gasteiger partial charge is 0.508 e. The fraction of sp³-hybridized carbons (Fsp3) is 0.514. The number of nitrogens with zero attached hydrogens (tertiary/aromatic N) is 2. The Bertz CT molecular complexity index is 3720. The van der Waals surface area contributed by atoms with Crippen molar-refractivity contribution in [3.05, 3.63) is 119 Å². The summed E-state index contributed by atoms with van der Waals surface area (Å²) < 4.78 is 30.1. The highest BCUT2D eigenvalue weighted by Gasteiger charge is 2.44. The van der Waals surface area contributed by atoms with Crippen LogP contribution in [0.5, 0.6) is 5.75 Å². The Balaban J connectivity index is 1.04. The number of aromatic hydroxyl groups is 1. The van der Waals surface area contributed by atoms with Gasteiger partial charge in [-0.2, -0.15) is 23.5 Å². The summed E-state index contributed by atoms with van der Waals surface area (Å²) in [5.41, 5.74) is 15.2. The number of thioether (sulfide) groups is 2. The van der Waals surface area contributed by atoms with Crippen molar-refractivity contribution in [3.63, 3.8) is 0 Å². The number of nitrogens with two attached hydrogens (primary N) is 2. The van der Waals surface area contributed by atoms with Crippen LogP contribution in [0.15, 0.2) is 85.5 Å². The third-order valence-electron chi connectivity index (χ3n) is 19.2. The minimum atomic E-state index is -1.97. The molecular weight excluding hydrogens is 1330 g/mol. The van der Waals surface area contributed by atoms with Gasteiger partial charge in [0.1, 0.15) is 54.0 Å². The van der Waals surface area contributed by atoms with E-state index in [9.17, 15) is 53.0 Å². The van der Waals surface area contributed by atoms with E-state index in [1.807, 2.05) is 24.3 Å². The zero-order chi connectivity index (χ0) is 71.4. The number of phenolic OH excluding ortho intramolecular Hbond substituents is 1. The number of ketones is 1. The van der Waals surface area contributed by atoms with E-state index >= 15 is 18.8 Å². The Kier molecular flexibility index (Phi) is 27.4. The van der Waals surface area contributed by atoms with Gasteiger partial charge in [-0.25, -0.2) is 13.8 Å². The molecule has 0 spiro atoms. The van der Waals surface area contributed by atoms with Gasteiger partial charge in [-0.15, -0.1) is 0 Å². The maximum atomic E-state index is 15.3. The second-order valence-corrected chi connectivity index (χ2v) is 28.6. The van der Waals surface area contributed by atoms with Gasteiger partial charge in [0.05, 0.1) is 31.3 Å². The number of H-pyrrole nitrogens is 2. The molecule has 5 aromatic rings. The summed E-state index contributed by atoms with van der Waals surface area (Å²) in [7, 11) is 0. The highest BCUT2D eigenvalue weighted by Crippen LogP contribution is 2.48. The number of amides is 9. The summed E-state index contributed by atoms with van der Waals surface area (Å²) in [5, 5.41) is 39.5. The lowest BCUT2D eigenvalue weighted by atomic mass is 9.75. The van der Waals surface area contributed by atoms with Crippen molar-refractivity contribution in [3.8, 4) is 5.75 Å². The SMILES string of the molecule is NCCCC[C@H]1NC(=O)CCSCc2cccc(c2)CSC[C@@H](C(N)=O)CC(=O)[C@@H]2CCCN2C(=O)[C@H](Cc2ccc(O)cc2)NC(=O)[C@H](Cc2cnc[nH]2)NC(=O)[C@H](CC(=O)O)NC(=O)[C@H](CC2CCC3CCC(F)CC32)NC(=O)[C@H](Cc2c[nH]c3ccc(F)cc23)NC(=O)CNC1=O. The van der Waals surface area contributed by atoms with Crippen LogP contribution in [0.25, 0.3) is 10.9 Å². The molecule has 538 valence electrons. The number of Topliss-reactive ketones (excluding diaryl/α,β-unsaturated/α-hetero) is 1. The number of carbonyl (C=O) groups is 11. The monoisotopic (exact) mass is 1420 g/mol. The van der Waals surface area contributed by atoms with Crippen LogP contribution in [-0.2, 0) is 83.5 Å². The minimum absolute atomic E-state index is 0.0325. The molecule has 2 aliphatic heterocycles. The van der Waals surface area contributed by atoms with Gasteiger partial charge in [-0.1, -0.05) is 36.4 Å². The first-order chi connectivity index (χ1) is 48.1. The maximum Gasteiger partial charge on any atom is 0.305 e. The van der Waals surface area contributed by atoms with Crippen molar-refractivity contribution < 1.29 is 71.7 Å². The molecule has 100 heavy (non-hydrogen) atoms. The van der Waals surface area contributed by atoms with Gasteiger partial charge in [0, 0.05) is 90.7 Å². The number of carboxylic acids is 1. The first-order valence-corrected chi connectivity index (χ1v) is 36.4. The number of benzene rings is 3. The number of hydrogen-bond donors (Lipinski definition) is 13. The third-order valence-corrected chi connectivity index (χ3v) is 21.4. The molecule has 15 N–H and O–H groups in total. The van der Waals surface area contributed by atoms with Gasteiger partial charge in [0.15, 0.2) is 5.78 Å². The van der Waals surface area contributed by atoms with E-state index in [0.29, 0.717) is 96.5 Å². The fourth-order valence-electron chi connectivity index (χ4n) is 14.0. The van der Waals surface area contributed by atoms with E-state index in [-0.39, 0.29) is 93.6 Å². The number of phenols is 1. The predicted molar refractivity (Wildman–Crippen MR) is 369 cm³/mol. The van der Waals surface area contributed by atoms with Gasteiger partial charge in [0.25, 0.3) is 0 Å². The van der Waals surface area contributed by atoms with Gasteiger partial charge in [-0.05, 0) is 148 Å². The van der Waals surface area contributed by atoms with Crippen molar-refractivity contribution >= 4 is 99.3 Å². The minimum Gasteiger partial charge on any atom is -0.508 e. The third kappa shape index (κ3) is 21.6. The Morgan fingerprint density at radius 2 is 1.40 bits per heavy atom. The van der Waals surface area contributed by atoms with E-state index < -0.39 is 138 Å². The van der Waals surface area contributed by atoms with E-state index in [1.54, 1.807) is 0 Å². The van der Waals surface area contributed by atoms with Gasteiger partial charge in [0.2, 0.25) is 53.2 Å². The first-order valence-electron chi connectivity index (χ1n) is 34.1. The molecule has 2 aromatic heterocycles. The lowest BCUT2D eigenvalue weighted by Gasteiger charge is -2.33. The lowest BCUT2D eigenvalue weighted by Crippen LogP contribution is -2.60. The molecule has 2 aliphatic carbocycles. The Labute approximate surface area is 585 Å². The second kappa shape index (κ2) is 36.4. The summed E-state index contributed by atoms with van der Waals surface area (Å²) >= 11 is 2.88. The quantitative estimate of drug-likeness (QED) is 0.0666. The maximum absolute atomic E-state index is 15.3. The van der Waals surface area contributed by atoms with Crippen molar-refractivity contribution in [2.75, 3.05) is 31.1 Å². The molecule has 9 amide bonds. The molecule has 2 bridgehead atoms. The van der Waals surface area contributed by atoms with E-state index in [0.717, 1.165) is 11.1 Å². The normalized spacial score (nSPS) is 26.6. The van der Waals surface area contributed by atoms with Crippen LogP contribution in [0.3, 0.4) is 0 Å². The number of carboxylic acid groups (broad SMARTS) is 1. The van der Waals surface area contributed by atoms with Crippen molar-refractivity contribution in [2.24, 2.45) is 35.1 Å². The number of rotatable bonds is 15. The number of fused-ring (bicyclic) bond motifs is 5. The summed E-state index contributed by atoms with van der Waals surface area (Å²) in [6.45, 7) is -0.298. The average molecular weight is 1420 g/mol. The second-order valence-electron chi connectivity index (χ2n) is 26.4. The molecular formula is C70H89F2N13O13S2. The summed E-state index contributed by atoms with van der Waals surface area (Å²) in [6.07, 6.45) is 4.85. The van der Waals surface area contributed by atoms with Crippen LogP contribution in [0.2, 0.25) is 0 Å². The molecule has 1 saturated heterocycles. The number of halogens is 2. The fourth-order valence-corrected chi connectivity index (χ4v) is 16.0. The van der Waals surface area contributed by atoms with E-state index in [1.165, 1.54) is 89.6 Å². The van der Waals surface area contributed by atoms with Crippen molar-refractivity contribution in [1.82, 2.24) is 57.1 Å². The summed E-state index contributed by atoms with van der Waals surface area (Å²) in [4.78, 5) is 168. The molecule has 0 radical (unpaired) electrons. The summed E-state index contributed by atoms with van der Waals surface area (Å²) in [5.74, 6) is -10.2. The van der Waals surface area contributed by atoms with Crippen molar-refractivity contribution in [2.45, 2.75) is 169 Å². The number of unbranched alkanes of at least 4 members (excludes halogenated alkanes) is 1. The topological polar surface area (TPSA) is 412 Å². The van der Waals surface area contributed by atoms with Crippen LogP contribution < -0.4 is 48.7 Å². The van der Waals surface area contributed by atoms with Crippen LogP contribution in [0.1, 0.15) is 118 Å². The van der Waals surface area contributed by atoms with Crippen LogP contribution in [-0.4, -0.2) is 175 Å². The molecule has 2 saturated carbocycles. The summed E-state index contributed by atoms with van der Waals surface area (Å²) in [6, 6.07) is 7.18. The zero-order valence-electron chi connectivity index (χ0n) is 55.5. The van der Waals surface area contributed by atoms with Gasteiger partial charge >= 0.3 is 5.97 Å². The number of alkyl halides is 1. The smallest absolute Gasteiger partial charge is 0.305 e. The van der Waals surface area contributed by atoms with Crippen molar-refractivity contribution in [1.29, 1.82) is 0 Å². The molecule has 30 heteroatoms. The molecule has 9 rings (SSSR count). The number of nitrogens with one attached hydrogen (secondary N) is 9. The number of imidazole rings is 1. The standard InChI is InChI=1S/C70H89F2N13O13S2/c71-46-14-13-42-11-12-43(50(42)28-46)25-55-67(95)83-57(31-63(90)91)69(97)82-56(30-48-33-75-38-78-48)68(96)84-58(24-39-9-16-49(86)17-10-39)70(98)85-21-4-8-59(85)60(87)27-45(64(74)92)37-100-36-41-6-3-5-40(23-41)35-99-22-19-61(88)79-53(7-1-2-20-73)65(93)77-34-62(89)80-54(66(94)81-55)26-44-32-76-52-18-15-47(72)29-51(44)52/h3,5-6,9-10,15-18,23,29,32-33,38,42-43,45-46,50,53-59,76,86H,1-2,4,7-8,11-14,19-22,24-28,30-31,34-37,73H2,(H2,74,92)(H,75,78)(H,77,93)(H,79,88)(H,80,89)(H,81,94)(H,82,97)(H,83,95)(H,84,96)(H,90,91)/t42?,43?,45-,46?,50?,53+,54-,55-,56-,57-,58-,59-/m0/s1. The highest BCUT2D eigenvalue weighted by atomic mass is 32.2. The number of aromatic amines is 2. The molecule has 12 atom stereocenters. The van der Waals surface area contributed by atoms with E-state index in [2.05, 4.69) is 52.2 Å². The molecule has 4 aliphatic rings. The molecule has 3 aromatic carbocycles. The predicted octanol–water partition coefficient (Wildman–Crippen LogP) is 3.57. The molecule has 4 heterocycles. The van der Waals surface area contributed by atoms with Crippen LogP contribution in [0, 0.1) is 29.5 Å². The Morgan fingerprint density at radius 3 is 2.13 bits per heavy atom. The molecule has 4 unspecified atom stereocenters. The number of aliphatic carboxylic acids is 1. The number of hydrogen-bond acceptors (Lipinski definition) is 16. The van der Waals surface area contributed by atoms with Crippen LogP contribution in [0.4, 0.5) is 8.78 Å². The molecule has 3 fully saturated rings. The van der Waals surface area contributed by atoms with Gasteiger partial charge < -0.3 is 73.8 Å². The number of aromatic nitrogens is 3.